The second-order valence-corrected chi connectivity index (χ2v) is 7.06. The molecule has 0 fully saturated rings. The second kappa shape index (κ2) is 7.51. The Labute approximate surface area is 159 Å². The van der Waals surface area contributed by atoms with E-state index in [0.29, 0.717) is 0 Å². The number of phosphoric ester groups is 1. The molecule has 0 saturated heterocycles. The fourth-order valence-electron chi connectivity index (χ4n) is 1.34. The standard InChI is InChI=1S/C10H7F16O4P/c1-3(11,12)5(15,16)7(19,20)9(23,24)29-31(27,28)30-10(25,26)8(21,22)6(17,18)4(2,13)14/h1-2H3,(H,27,28). The third kappa shape index (κ3) is 5.00. The van der Waals surface area contributed by atoms with Crippen molar-refractivity contribution in [2.45, 2.75) is 61.6 Å². The molecule has 188 valence electrons. The van der Waals surface area contributed by atoms with Gasteiger partial charge in [0.1, 0.15) is 0 Å². The maximum atomic E-state index is 13.1. The van der Waals surface area contributed by atoms with Crippen LogP contribution in [-0.4, -0.2) is 52.6 Å². The fourth-order valence-corrected chi connectivity index (χ4v) is 2.19. The van der Waals surface area contributed by atoms with Crippen molar-refractivity contribution in [3.63, 3.8) is 0 Å². The van der Waals surface area contributed by atoms with Gasteiger partial charge in [-0.2, -0.15) is 70.2 Å². The molecule has 21 heteroatoms. The predicted molar refractivity (Wildman–Crippen MR) is 62.9 cm³/mol. The van der Waals surface area contributed by atoms with Gasteiger partial charge < -0.3 is 4.89 Å². The molecule has 0 radical (unpaired) electrons. The van der Waals surface area contributed by atoms with Crippen LogP contribution < -0.4 is 0 Å². The summed E-state index contributed by atoms with van der Waals surface area (Å²) in [4.78, 5) is 8.47. The Bertz CT molecular complexity index is 652. The average molecular weight is 526 g/mol. The van der Waals surface area contributed by atoms with E-state index in [9.17, 15) is 74.8 Å². The molecular weight excluding hydrogens is 519 g/mol. The minimum Gasteiger partial charge on any atom is -0.302 e. The molecule has 0 aliphatic heterocycles. The highest BCUT2D eigenvalue weighted by molar-refractivity contribution is 7.47. The van der Waals surface area contributed by atoms with Gasteiger partial charge in [0.05, 0.1) is 0 Å². The van der Waals surface area contributed by atoms with E-state index in [1.165, 1.54) is 0 Å². The molecule has 0 aliphatic rings. The van der Waals surface area contributed by atoms with Gasteiger partial charge in [-0.3, -0.25) is 0 Å². The third-order valence-electron chi connectivity index (χ3n) is 3.08. The Hall–Kier alpha value is -1.01. The number of alkyl halides is 16. The molecule has 0 spiro atoms. The topological polar surface area (TPSA) is 55.8 Å². The van der Waals surface area contributed by atoms with Gasteiger partial charge in [-0.1, -0.05) is 0 Å². The molecule has 0 aromatic heterocycles. The Morgan fingerprint density at radius 3 is 0.871 bits per heavy atom. The molecule has 0 bridgehead atoms. The second-order valence-electron chi connectivity index (χ2n) is 5.76. The summed E-state index contributed by atoms with van der Waals surface area (Å²) in [5.41, 5.74) is 0. The largest absolute Gasteiger partial charge is 0.482 e. The Morgan fingerprint density at radius 2 is 0.710 bits per heavy atom. The molecule has 0 aliphatic carbocycles. The highest BCUT2D eigenvalue weighted by Gasteiger charge is 2.83. The van der Waals surface area contributed by atoms with Crippen LogP contribution in [0.3, 0.4) is 0 Å². The van der Waals surface area contributed by atoms with Crippen LogP contribution in [0.2, 0.25) is 0 Å². The summed E-state index contributed by atoms with van der Waals surface area (Å²) in [6, 6.07) is 0. The molecule has 0 rings (SSSR count). The van der Waals surface area contributed by atoms with Gasteiger partial charge in [0.25, 0.3) is 0 Å². The zero-order valence-corrected chi connectivity index (χ0v) is 15.1. The molecule has 31 heavy (non-hydrogen) atoms. The first-order valence-corrected chi connectivity index (χ1v) is 8.18. The molecule has 4 nitrogen and oxygen atoms in total. The monoisotopic (exact) mass is 526 g/mol. The molecule has 0 unspecified atom stereocenters. The van der Waals surface area contributed by atoms with Crippen molar-refractivity contribution in [1.29, 1.82) is 0 Å². The van der Waals surface area contributed by atoms with Crippen molar-refractivity contribution in [2.75, 3.05) is 0 Å². The van der Waals surface area contributed by atoms with Crippen molar-refractivity contribution in [3.8, 4) is 0 Å². The van der Waals surface area contributed by atoms with Gasteiger partial charge in [0.2, 0.25) is 0 Å². The van der Waals surface area contributed by atoms with E-state index < -0.39 is 69.4 Å². The Kier molecular flexibility index (Phi) is 7.27. The SMILES string of the molecule is CC(F)(F)C(F)(F)C(F)(F)C(F)(F)OP(=O)(O)OC(F)(F)C(F)(F)C(F)(F)C(C)(F)F. The number of hydrogen-bond donors (Lipinski definition) is 1. The smallest absolute Gasteiger partial charge is 0.302 e. The quantitative estimate of drug-likeness (QED) is 0.274. The van der Waals surface area contributed by atoms with Crippen LogP contribution in [0.15, 0.2) is 0 Å². The first-order valence-electron chi connectivity index (χ1n) is 6.68. The van der Waals surface area contributed by atoms with Crippen molar-refractivity contribution in [1.82, 2.24) is 0 Å². The summed E-state index contributed by atoms with van der Waals surface area (Å²) in [6.07, 6.45) is -14.8. The van der Waals surface area contributed by atoms with Gasteiger partial charge in [-0.05, 0) is 0 Å². The van der Waals surface area contributed by atoms with Gasteiger partial charge in [-0.25, -0.2) is 13.6 Å². The van der Waals surface area contributed by atoms with Crippen LogP contribution in [-0.2, 0) is 13.6 Å². The van der Waals surface area contributed by atoms with Crippen LogP contribution in [0.5, 0.6) is 0 Å². The molecule has 0 aromatic rings. The number of halogens is 16. The Morgan fingerprint density at radius 1 is 0.516 bits per heavy atom. The van der Waals surface area contributed by atoms with Crippen LogP contribution in [0.1, 0.15) is 13.8 Å². The number of rotatable bonds is 10. The lowest BCUT2D eigenvalue weighted by molar-refractivity contribution is -0.421. The van der Waals surface area contributed by atoms with Crippen molar-refractivity contribution >= 4 is 7.82 Å². The van der Waals surface area contributed by atoms with Crippen LogP contribution in [0.4, 0.5) is 70.2 Å². The van der Waals surface area contributed by atoms with Gasteiger partial charge >= 0.3 is 55.6 Å². The number of phosphoric acid groups is 1. The van der Waals surface area contributed by atoms with Gasteiger partial charge in [0, 0.05) is 13.8 Å². The van der Waals surface area contributed by atoms with E-state index in [4.69, 9.17) is 4.89 Å². The number of hydrogen-bond acceptors (Lipinski definition) is 3. The maximum Gasteiger partial charge on any atom is 0.482 e. The molecule has 0 atom stereocenters. The zero-order chi connectivity index (χ0) is 25.9. The van der Waals surface area contributed by atoms with Gasteiger partial charge in [0.15, 0.2) is 0 Å². The van der Waals surface area contributed by atoms with E-state index in [1.54, 1.807) is 0 Å². The van der Waals surface area contributed by atoms with E-state index in [1.807, 2.05) is 9.05 Å². The first kappa shape index (κ1) is 30.0. The summed E-state index contributed by atoms with van der Waals surface area (Å²) in [7, 11) is -7.99. The van der Waals surface area contributed by atoms with Crippen LogP contribution in [0, 0.1) is 0 Å². The lowest BCUT2D eigenvalue weighted by Gasteiger charge is -2.37. The predicted octanol–water partition coefficient (Wildman–Crippen LogP) is 6.16. The van der Waals surface area contributed by atoms with E-state index >= 15 is 0 Å². The van der Waals surface area contributed by atoms with Crippen LogP contribution in [0.25, 0.3) is 0 Å². The minimum atomic E-state index is -7.99. The van der Waals surface area contributed by atoms with E-state index in [0.717, 1.165) is 0 Å². The fraction of sp³-hybridized carbons (Fsp3) is 1.00. The lowest BCUT2D eigenvalue weighted by atomic mass is 10.1. The summed E-state index contributed by atoms with van der Waals surface area (Å²) in [6.45, 7) is -2.15. The maximum absolute atomic E-state index is 13.1. The van der Waals surface area contributed by atoms with E-state index in [-0.39, 0.29) is 0 Å². The highest BCUT2D eigenvalue weighted by atomic mass is 31.2. The molecule has 0 heterocycles. The average Bonchev–Trinajstić information content (AvgIpc) is 2.41. The summed E-state index contributed by atoms with van der Waals surface area (Å²) in [5.74, 6) is -41.5. The molecule has 0 saturated carbocycles. The minimum absolute atomic E-state index is 1.08. The van der Waals surface area contributed by atoms with Crippen molar-refractivity contribution < 1.29 is 88.8 Å². The Balaban J connectivity index is 6.11. The third-order valence-corrected chi connectivity index (χ3v) is 4.00. The summed E-state index contributed by atoms with van der Waals surface area (Å²) < 4.78 is 221. The van der Waals surface area contributed by atoms with Crippen molar-refractivity contribution in [3.05, 3.63) is 0 Å². The molecule has 0 aromatic carbocycles. The van der Waals surface area contributed by atoms with Crippen molar-refractivity contribution in [2.24, 2.45) is 0 Å². The molecule has 1 N–H and O–H groups in total. The zero-order valence-electron chi connectivity index (χ0n) is 14.2. The molecule has 0 amide bonds. The molecular formula is C10H7F16O4P. The van der Waals surface area contributed by atoms with Gasteiger partial charge in [-0.15, -0.1) is 0 Å². The summed E-state index contributed by atoms with van der Waals surface area (Å²) in [5, 5.41) is 0. The normalized spacial score (nSPS) is 16.6. The highest BCUT2D eigenvalue weighted by Crippen LogP contribution is 2.63. The van der Waals surface area contributed by atoms with Crippen LogP contribution >= 0.6 is 7.82 Å². The van der Waals surface area contributed by atoms with E-state index in [2.05, 4.69) is 0 Å². The lowest BCUT2D eigenvalue weighted by Crippen LogP contribution is -2.62. The first-order chi connectivity index (χ1) is 12.9. The summed E-state index contributed by atoms with van der Waals surface area (Å²) >= 11 is 0.